The van der Waals surface area contributed by atoms with Crippen LogP contribution >= 0.6 is 0 Å². The van der Waals surface area contributed by atoms with E-state index in [0.717, 1.165) is 29.3 Å². The van der Waals surface area contributed by atoms with Crippen LogP contribution in [0.25, 0.3) is 10.9 Å². The summed E-state index contributed by atoms with van der Waals surface area (Å²) >= 11 is 0. The molecule has 1 aliphatic rings. The van der Waals surface area contributed by atoms with Gasteiger partial charge in [-0.25, -0.2) is 0 Å². The van der Waals surface area contributed by atoms with Crippen LogP contribution < -0.4 is 10.2 Å². The number of allylic oxidation sites excluding steroid dienone is 3. The van der Waals surface area contributed by atoms with Crippen LogP contribution in [0.15, 0.2) is 84.1 Å². The van der Waals surface area contributed by atoms with Crippen LogP contribution in [0.1, 0.15) is 58.1 Å². The SMILES string of the molecule is CC(C)=CCC/C(C)=C/CN1C(=O)[C@](O)([C@H](C)/C=C/CCO)c2cc(NC(=O)Cc3c[nH]c4ccccc34)ccc21. The Labute approximate surface area is 242 Å². The van der Waals surface area contributed by atoms with E-state index in [0.29, 0.717) is 29.9 Å². The first-order chi connectivity index (χ1) is 19.6. The van der Waals surface area contributed by atoms with Crippen LogP contribution in [0.5, 0.6) is 0 Å². The van der Waals surface area contributed by atoms with Crippen LogP contribution in [-0.2, 0) is 21.6 Å². The molecule has 2 amide bonds. The van der Waals surface area contributed by atoms with Crippen molar-refractivity contribution < 1.29 is 19.8 Å². The largest absolute Gasteiger partial charge is 0.396 e. The van der Waals surface area contributed by atoms with Gasteiger partial charge in [0.1, 0.15) is 0 Å². The molecule has 7 nitrogen and oxygen atoms in total. The number of nitrogens with one attached hydrogen (secondary N) is 2. The monoisotopic (exact) mass is 555 g/mol. The molecule has 1 aliphatic heterocycles. The zero-order valence-corrected chi connectivity index (χ0v) is 24.4. The average Bonchev–Trinajstić information content (AvgIpc) is 3.44. The third kappa shape index (κ3) is 6.69. The van der Waals surface area contributed by atoms with Crippen LogP contribution in [0.4, 0.5) is 11.4 Å². The molecular formula is C34H41N3O4. The van der Waals surface area contributed by atoms with Crippen LogP contribution in [0, 0.1) is 5.92 Å². The van der Waals surface area contributed by atoms with E-state index in [1.165, 1.54) is 11.1 Å². The fourth-order valence-corrected chi connectivity index (χ4v) is 5.31. The Hall–Kier alpha value is -3.94. The fourth-order valence-electron chi connectivity index (χ4n) is 5.31. The number of aliphatic hydroxyl groups is 2. The van der Waals surface area contributed by atoms with E-state index in [2.05, 4.69) is 37.1 Å². The maximum Gasteiger partial charge on any atom is 0.264 e. The number of fused-ring (bicyclic) bond motifs is 2. The van der Waals surface area contributed by atoms with E-state index >= 15 is 0 Å². The molecular weight excluding hydrogens is 514 g/mol. The number of rotatable bonds is 12. The lowest BCUT2D eigenvalue weighted by Gasteiger charge is -2.27. The van der Waals surface area contributed by atoms with Gasteiger partial charge in [0.05, 0.1) is 12.1 Å². The standard InChI is InChI=1S/C34H41N3O4/c1-23(2)10-9-11-24(3)17-18-37-31-16-15-27(21-29(31)34(41,33(37)40)25(4)12-7-8-19-38)36-32(39)20-26-22-35-30-14-6-5-13-28(26)30/h5-7,10,12-17,21-22,25,35,38,41H,8-9,11,18-20H2,1-4H3,(H,36,39)/b12-7+,24-17+/t25-,34+/m1/s1. The molecule has 0 radical (unpaired) electrons. The molecule has 4 N–H and O–H groups in total. The van der Waals surface area contributed by atoms with E-state index < -0.39 is 17.4 Å². The molecule has 0 bridgehead atoms. The normalized spacial score (nSPS) is 17.8. The number of benzene rings is 2. The van der Waals surface area contributed by atoms with Gasteiger partial charge in [-0.2, -0.15) is 0 Å². The molecule has 0 unspecified atom stereocenters. The summed E-state index contributed by atoms with van der Waals surface area (Å²) in [5.74, 6) is -1.14. The van der Waals surface area contributed by atoms with E-state index in [4.69, 9.17) is 0 Å². The minimum atomic E-state index is -1.80. The molecule has 216 valence electrons. The van der Waals surface area contributed by atoms with Crippen molar-refractivity contribution in [3.63, 3.8) is 0 Å². The van der Waals surface area contributed by atoms with Gasteiger partial charge in [0.25, 0.3) is 5.91 Å². The molecule has 0 spiro atoms. The lowest BCUT2D eigenvalue weighted by atomic mass is 9.82. The van der Waals surface area contributed by atoms with Gasteiger partial charge in [0.2, 0.25) is 5.91 Å². The Morgan fingerprint density at radius 2 is 1.90 bits per heavy atom. The Bertz CT molecular complexity index is 1490. The molecule has 0 fully saturated rings. The third-order valence-corrected chi connectivity index (χ3v) is 7.67. The minimum Gasteiger partial charge on any atom is -0.396 e. The summed E-state index contributed by atoms with van der Waals surface area (Å²) in [6.45, 7) is 8.33. The summed E-state index contributed by atoms with van der Waals surface area (Å²) in [5, 5.41) is 25.1. The molecule has 41 heavy (non-hydrogen) atoms. The number of hydrogen-bond acceptors (Lipinski definition) is 4. The van der Waals surface area contributed by atoms with E-state index in [1.807, 2.05) is 36.5 Å². The zero-order chi connectivity index (χ0) is 29.6. The average molecular weight is 556 g/mol. The lowest BCUT2D eigenvalue weighted by Crippen LogP contribution is -2.44. The Kier molecular flexibility index (Phi) is 9.63. The molecule has 0 saturated carbocycles. The van der Waals surface area contributed by atoms with Crippen molar-refractivity contribution >= 4 is 34.1 Å². The number of anilines is 2. The molecule has 2 atom stereocenters. The number of hydrogen-bond donors (Lipinski definition) is 4. The van der Waals surface area contributed by atoms with E-state index in [-0.39, 0.29) is 18.9 Å². The van der Waals surface area contributed by atoms with Crippen molar-refractivity contribution in [2.75, 3.05) is 23.4 Å². The smallest absolute Gasteiger partial charge is 0.264 e. The number of nitrogens with zero attached hydrogens (tertiary/aromatic N) is 1. The number of aromatic nitrogens is 1. The summed E-state index contributed by atoms with van der Waals surface area (Å²) in [6, 6.07) is 13.1. The molecule has 2 heterocycles. The molecule has 3 aromatic rings. The van der Waals surface area contributed by atoms with Gasteiger partial charge < -0.3 is 25.4 Å². The molecule has 0 aliphatic carbocycles. The predicted molar refractivity (Wildman–Crippen MR) is 166 cm³/mol. The van der Waals surface area contributed by atoms with Crippen molar-refractivity contribution in [3.05, 3.63) is 95.2 Å². The molecule has 4 rings (SSSR count). The van der Waals surface area contributed by atoms with Crippen molar-refractivity contribution in [1.82, 2.24) is 4.98 Å². The number of carbonyl (C=O) groups is 2. The number of aromatic amines is 1. The summed E-state index contributed by atoms with van der Waals surface area (Å²) in [7, 11) is 0. The number of amides is 2. The third-order valence-electron chi connectivity index (χ3n) is 7.67. The van der Waals surface area contributed by atoms with Crippen LogP contribution in [0.3, 0.4) is 0 Å². The maximum atomic E-state index is 13.8. The molecule has 7 heteroatoms. The van der Waals surface area contributed by atoms with Gasteiger partial charge in [-0.3, -0.25) is 9.59 Å². The van der Waals surface area contributed by atoms with Gasteiger partial charge in [-0.05, 0) is 69.9 Å². The van der Waals surface area contributed by atoms with Gasteiger partial charge in [0, 0.05) is 47.4 Å². The second-order valence-corrected chi connectivity index (χ2v) is 11.1. The molecule has 0 saturated heterocycles. The van der Waals surface area contributed by atoms with Crippen molar-refractivity contribution in [3.8, 4) is 0 Å². The summed E-state index contributed by atoms with van der Waals surface area (Å²) in [6.07, 6.45) is 12.1. The maximum absolute atomic E-state index is 13.8. The first kappa shape index (κ1) is 30.0. The first-order valence-electron chi connectivity index (χ1n) is 14.2. The van der Waals surface area contributed by atoms with Crippen molar-refractivity contribution in [2.24, 2.45) is 5.92 Å². The molecule has 1 aromatic heterocycles. The quantitative estimate of drug-likeness (QED) is 0.201. The lowest BCUT2D eigenvalue weighted by molar-refractivity contribution is -0.139. The summed E-state index contributed by atoms with van der Waals surface area (Å²) in [4.78, 5) is 31.6. The summed E-state index contributed by atoms with van der Waals surface area (Å²) < 4.78 is 0. The topological polar surface area (TPSA) is 106 Å². The van der Waals surface area contributed by atoms with Crippen LogP contribution in [-0.4, -0.2) is 40.2 Å². The second-order valence-electron chi connectivity index (χ2n) is 11.1. The molecule has 2 aromatic carbocycles. The fraction of sp³-hybridized carbons (Fsp3) is 0.353. The van der Waals surface area contributed by atoms with Crippen molar-refractivity contribution in [1.29, 1.82) is 0 Å². The van der Waals surface area contributed by atoms with Gasteiger partial charge in [-0.15, -0.1) is 0 Å². The second kappa shape index (κ2) is 13.1. The minimum absolute atomic E-state index is 0.0122. The highest BCUT2D eigenvalue weighted by Gasteiger charge is 2.52. The zero-order valence-electron chi connectivity index (χ0n) is 24.4. The Morgan fingerprint density at radius 1 is 1.12 bits per heavy atom. The Morgan fingerprint density at radius 3 is 2.66 bits per heavy atom. The highest BCUT2D eigenvalue weighted by atomic mass is 16.3. The number of para-hydroxylation sites is 1. The van der Waals surface area contributed by atoms with Crippen molar-refractivity contribution in [2.45, 2.75) is 59.0 Å². The van der Waals surface area contributed by atoms with Gasteiger partial charge >= 0.3 is 0 Å². The van der Waals surface area contributed by atoms with Gasteiger partial charge in [0.15, 0.2) is 5.60 Å². The highest BCUT2D eigenvalue weighted by molar-refractivity contribution is 6.08. The Balaban J connectivity index is 1.59. The first-order valence-corrected chi connectivity index (χ1v) is 14.2. The van der Waals surface area contributed by atoms with Crippen LogP contribution in [0.2, 0.25) is 0 Å². The van der Waals surface area contributed by atoms with Gasteiger partial charge in [-0.1, -0.05) is 60.6 Å². The number of carbonyl (C=O) groups excluding carboxylic acids is 2. The predicted octanol–water partition coefficient (Wildman–Crippen LogP) is 6.15. The number of aliphatic hydroxyl groups excluding tert-OH is 1. The van der Waals surface area contributed by atoms with E-state index in [1.54, 1.807) is 42.2 Å². The number of H-pyrrole nitrogens is 1. The summed E-state index contributed by atoms with van der Waals surface area (Å²) in [5.41, 5.74) is 4.12. The van der Waals surface area contributed by atoms with E-state index in [9.17, 15) is 19.8 Å². The highest BCUT2D eigenvalue weighted by Crippen LogP contribution is 2.46.